The second-order valence-corrected chi connectivity index (χ2v) is 3.93. The molecular formula is C12H10ClNO4. The Morgan fingerprint density at radius 3 is 2.17 bits per heavy atom. The largest absolute Gasteiger partial charge is 0.495 e. The van der Waals surface area contributed by atoms with Crippen molar-refractivity contribution in [1.29, 1.82) is 0 Å². The fraction of sp³-hybridized carbons (Fsp3) is 0.167. The molecule has 0 N–H and O–H groups in total. The van der Waals surface area contributed by atoms with E-state index >= 15 is 0 Å². The van der Waals surface area contributed by atoms with Gasteiger partial charge in [-0.25, -0.2) is 0 Å². The smallest absolute Gasteiger partial charge is 0.318 e. The summed E-state index contributed by atoms with van der Waals surface area (Å²) >= 11 is 6.13. The van der Waals surface area contributed by atoms with Crippen molar-refractivity contribution in [2.75, 3.05) is 14.2 Å². The summed E-state index contributed by atoms with van der Waals surface area (Å²) in [5.41, 5.74) is -0.0976. The van der Waals surface area contributed by atoms with Crippen LogP contribution >= 0.6 is 11.6 Å². The Morgan fingerprint density at radius 1 is 1.06 bits per heavy atom. The SMILES string of the molecule is COc1ccc2c([N+](=O)[O-])c(OC)ccc2c1Cl. The first kappa shape index (κ1) is 12.4. The molecule has 2 rings (SSSR count). The van der Waals surface area contributed by atoms with Crippen molar-refractivity contribution in [1.82, 2.24) is 0 Å². The van der Waals surface area contributed by atoms with E-state index in [0.717, 1.165) is 0 Å². The van der Waals surface area contributed by atoms with Gasteiger partial charge in [-0.05, 0) is 24.3 Å². The van der Waals surface area contributed by atoms with E-state index in [4.69, 9.17) is 21.1 Å². The van der Waals surface area contributed by atoms with E-state index in [2.05, 4.69) is 0 Å². The van der Waals surface area contributed by atoms with Crippen molar-refractivity contribution >= 4 is 28.1 Å². The third-order valence-corrected chi connectivity index (χ3v) is 3.05. The van der Waals surface area contributed by atoms with E-state index in [1.165, 1.54) is 20.3 Å². The molecule has 0 saturated heterocycles. The van der Waals surface area contributed by atoms with Gasteiger partial charge in [-0.15, -0.1) is 0 Å². The third kappa shape index (κ3) is 1.82. The van der Waals surface area contributed by atoms with Gasteiger partial charge in [0.1, 0.15) is 5.75 Å². The van der Waals surface area contributed by atoms with Crippen LogP contribution in [0.2, 0.25) is 5.02 Å². The number of rotatable bonds is 3. The molecule has 0 atom stereocenters. The first-order chi connectivity index (χ1) is 8.60. The summed E-state index contributed by atoms with van der Waals surface area (Å²) in [6, 6.07) is 6.38. The lowest BCUT2D eigenvalue weighted by Crippen LogP contribution is -1.95. The number of nitro benzene ring substituents is 1. The molecule has 6 heteroatoms. The molecule has 0 fully saturated rings. The summed E-state index contributed by atoms with van der Waals surface area (Å²) in [4.78, 5) is 10.6. The molecule has 0 aliphatic rings. The number of nitrogens with zero attached hydrogens (tertiary/aromatic N) is 1. The Kier molecular flexibility index (Phi) is 3.25. The van der Waals surface area contributed by atoms with E-state index in [1.807, 2.05) is 0 Å². The van der Waals surface area contributed by atoms with Crippen LogP contribution in [0.4, 0.5) is 5.69 Å². The van der Waals surface area contributed by atoms with Gasteiger partial charge in [0.15, 0.2) is 5.75 Å². The van der Waals surface area contributed by atoms with Crippen molar-refractivity contribution in [3.63, 3.8) is 0 Å². The molecule has 2 aromatic carbocycles. The molecule has 0 amide bonds. The number of hydrogen-bond acceptors (Lipinski definition) is 4. The van der Waals surface area contributed by atoms with Gasteiger partial charge in [0.25, 0.3) is 0 Å². The van der Waals surface area contributed by atoms with Crippen LogP contribution in [0.1, 0.15) is 0 Å². The van der Waals surface area contributed by atoms with E-state index < -0.39 is 4.92 Å². The minimum Gasteiger partial charge on any atom is -0.495 e. The highest BCUT2D eigenvalue weighted by Crippen LogP contribution is 2.40. The number of ether oxygens (including phenoxy) is 2. The van der Waals surface area contributed by atoms with Gasteiger partial charge in [0, 0.05) is 5.39 Å². The molecule has 0 spiro atoms. The molecule has 0 saturated carbocycles. The number of hydrogen-bond donors (Lipinski definition) is 0. The summed E-state index contributed by atoms with van der Waals surface area (Å²) in [7, 11) is 2.88. The predicted molar refractivity (Wildman–Crippen MR) is 68.7 cm³/mol. The number of fused-ring (bicyclic) bond motifs is 1. The minimum atomic E-state index is -0.482. The fourth-order valence-electron chi connectivity index (χ4n) is 1.82. The zero-order valence-corrected chi connectivity index (χ0v) is 10.5. The Bertz CT molecular complexity index is 627. The molecule has 0 aliphatic heterocycles. The van der Waals surface area contributed by atoms with Crippen molar-refractivity contribution < 1.29 is 14.4 Å². The summed E-state index contributed by atoms with van der Waals surface area (Å²) in [5.74, 6) is 0.678. The van der Waals surface area contributed by atoms with Crippen LogP contribution < -0.4 is 9.47 Å². The highest BCUT2D eigenvalue weighted by atomic mass is 35.5. The molecule has 18 heavy (non-hydrogen) atoms. The van der Waals surface area contributed by atoms with Crippen LogP contribution in [0.25, 0.3) is 10.8 Å². The Labute approximate surface area is 108 Å². The molecule has 5 nitrogen and oxygen atoms in total. The van der Waals surface area contributed by atoms with Crippen molar-refractivity contribution in [3.8, 4) is 11.5 Å². The van der Waals surface area contributed by atoms with E-state index in [9.17, 15) is 10.1 Å². The average Bonchev–Trinajstić information content (AvgIpc) is 2.37. The number of methoxy groups -OCH3 is 2. The lowest BCUT2D eigenvalue weighted by atomic mass is 10.1. The first-order valence-electron chi connectivity index (χ1n) is 5.07. The number of nitro groups is 1. The van der Waals surface area contributed by atoms with Crippen LogP contribution in [0.15, 0.2) is 24.3 Å². The third-order valence-electron chi connectivity index (χ3n) is 2.66. The van der Waals surface area contributed by atoms with Crippen LogP contribution in [-0.4, -0.2) is 19.1 Å². The summed E-state index contributed by atoms with van der Waals surface area (Å²) in [5, 5.41) is 12.4. The van der Waals surface area contributed by atoms with Gasteiger partial charge >= 0.3 is 5.69 Å². The topological polar surface area (TPSA) is 61.6 Å². The lowest BCUT2D eigenvalue weighted by molar-refractivity contribution is -0.383. The normalized spacial score (nSPS) is 10.4. The summed E-state index contributed by atoms with van der Waals surface area (Å²) in [6.07, 6.45) is 0. The Hall–Kier alpha value is -2.01. The molecule has 0 bridgehead atoms. The average molecular weight is 268 g/mol. The highest BCUT2D eigenvalue weighted by Gasteiger charge is 2.21. The van der Waals surface area contributed by atoms with Crippen LogP contribution in [0, 0.1) is 10.1 Å². The van der Waals surface area contributed by atoms with E-state index in [0.29, 0.717) is 21.5 Å². The number of benzene rings is 2. The second-order valence-electron chi connectivity index (χ2n) is 3.55. The highest BCUT2D eigenvalue weighted by molar-refractivity contribution is 6.37. The maximum Gasteiger partial charge on any atom is 0.318 e. The Morgan fingerprint density at radius 2 is 1.61 bits per heavy atom. The van der Waals surface area contributed by atoms with Crippen molar-refractivity contribution in [2.45, 2.75) is 0 Å². The van der Waals surface area contributed by atoms with Gasteiger partial charge < -0.3 is 9.47 Å². The van der Waals surface area contributed by atoms with Gasteiger partial charge in [-0.2, -0.15) is 0 Å². The molecule has 0 aliphatic carbocycles. The minimum absolute atomic E-state index is 0.0976. The van der Waals surface area contributed by atoms with Gasteiger partial charge in [-0.3, -0.25) is 10.1 Å². The molecule has 2 aromatic rings. The lowest BCUT2D eigenvalue weighted by Gasteiger charge is -2.09. The maximum atomic E-state index is 11.1. The molecular weight excluding hydrogens is 258 g/mol. The van der Waals surface area contributed by atoms with Crippen LogP contribution in [0.3, 0.4) is 0 Å². The summed E-state index contributed by atoms with van der Waals surface area (Å²) in [6.45, 7) is 0. The van der Waals surface area contributed by atoms with E-state index in [-0.39, 0.29) is 11.4 Å². The second kappa shape index (κ2) is 4.70. The van der Waals surface area contributed by atoms with Crippen molar-refractivity contribution in [3.05, 3.63) is 39.4 Å². The van der Waals surface area contributed by atoms with E-state index in [1.54, 1.807) is 18.2 Å². The number of halogens is 1. The molecule has 0 aromatic heterocycles. The maximum absolute atomic E-state index is 11.1. The molecule has 94 valence electrons. The predicted octanol–water partition coefficient (Wildman–Crippen LogP) is 3.42. The van der Waals surface area contributed by atoms with Crippen molar-refractivity contribution in [2.24, 2.45) is 0 Å². The van der Waals surface area contributed by atoms with Crippen LogP contribution in [-0.2, 0) is 0 Å². The quantitative estimate of drug-likeness (QED) is 0.631. The van der Waals surface area contributed by atoms with Crippen LogP contribution in [0.5, 0.6) is 11.5 Å². The first-order valence-corrected chi connectivity index (χ1v) is 5.45. The molecule has 0 heterocycles. The molecule has 0 radical (unpaired) electrons. The van der Waals surface area contributed by atoms with Gasteiger partial charge in [0.2, 0.25) is 0 Å². The molecule has 0 unspecified atom stereocenters. The standard InChI is InChI=1S/C12H10ClNO4/c1-17-9-5-4-8-7(11(9)13)3-6-10(18-2)12(8)14(15)16/h3-6H,1-2H3. The van der Waals surface area contributed by atoms with Gasteiger partial charge in [0.05, 0.1) is 29.6 Å². The fourth-order valence-corrected chi connectivity index (χ4v) is 2.13. The zero-order valence-electron chi connectivity index (χ0n) is 9.77. The summed E-state index contributed by atoms with van der Waals surface area (Å²) < 4.78 is 10.1. The monoisotopic (exact) mass is 267 g/mol. The van der Waals surface area contributed by atoms with Gasteiger partial charge in [-0.1, -0.05) is 11.6 Å². The zero-order chi connectivity index (χ0) is 13.3. The Balaban J connectivity index is 2.86.